The number of anilines is 3. The summed E-state index contributed by atoms with van der Waals surface area (Å²) in [6.07, 6.45) is 5.42. The summed E-state index contributed by atoms with van der Waals surface area (Å²) in [5.41, 5.74) is 3.95. The first-order valence-corrected chi connectivity index (χ1v) is 14.0. The van der Waals surface area contributed by atoms with Gasteiger partial charge in [-0.1, -0.05) is 6.58 Å². The average Bonchev–Trinajstić information content (AvgIpc) is 3.54. The molecule has 0 atom stereocenters. The van der Waals surface area contributed by atoms with Crippen LogP contribution in [-0.4, -0.2) is 88.1 Å². The van der Waals surface area contributed by atoms with Crippen molar-refractivity contribution in [3.05, 3.63) is 77.9 Å². The molecule has 3 aromatic rings. The molecule has 42 heavy (non-hydrogen) atoms. The summed E-state index contributed by atoms with van der Waals surface area (Å²) in [5.74, 6) is 1.02. The highest BCUT2D eigenvalue weighted by atomic mass is 16.5. The number of nitrogens with one attached hydrogen (secondary N) is 1. The Labute approximate surface area is 248 Å². The van der Waals surface area contributed by atoms with Crippen LogP contribution in [0.5, 0.6) is 11.5 Å². The zero-order valence-corrected chi connectivity index (χ0v) is 25.1. The molecule has 4 rings (SSSR count). The van der Waals surface area contributed by atoms with E-state index in [4.69, 9.17) is 9.47 Å². The number of nitrogens with zero attached hydrogens (tertiary/aromatic N) is 5. The van der Waals surface area contributed by atoms with Crippen LogP contribution < -0.4 is 24.6 Å². The van der Waals surface area contributed by atoms with Crippen LogP contribution in [0.25, 0.3) is 0 Å². The van der Waals surface area contributed by atoms with Crippen molar-refractivity contribution in [1.82, 2.24) is 14.9 Å². The molecule has 1 aliphatic rings. The number of benzene rings is 2. The molecule has 0 unspecified atom stereocenters. The Morgan fingerprint density at radius 3 is 2.43 bits per heavy atom. The van der Waals surface area contributed by atoms with Gasteiger partial charge in [0.1, 0.15) is 23.0 Å². The summed E-state index contributed by atoms with van der Waals surface area (Å²) in [4.78, 5) is 41.3. The third-order valence-corrected chi connectivity index (χ3v) is 7.32. The van der Waals surface area contributed by atoms with Crippen molar-refractivity contribution in [1.29, 1.82) is 0 Å². The van der Waals surface area contributed by atoms with E-state index in [9.17, 15) is 9.59 Å². The van der Waals surface area contributed by atoms with E-state index in [1.54, 1.807) is 32.5 Å². The van der Waals surface area contributed by atoms with Crippen LogP contribution in [0.3, 0.4) is 0 Å². The summed E-state index contributed by atoms with van der Waals surface area (Å²) < 4.78 is 11.3. The van der Waals surface area contributed by atoms with E-state index in [1.165, 1.54) is 6.08 Å². The van der Waals surface area contributed by atoms with Gasteiger partial charge in [0.15, 0.2) is 0 Å². The lowest BCUT2D eigenvalue weighted by Gasteiger charge is -2.25. The molecule has 1 aromatic heterocycles. The van der Waals surface area contributed by atoms with E-state index in [-0.39, 0.29) is 23.8 Å². The largest absolute Gasteiger partial charge is 0.496 e. The number of methoxy groups -OCH3 is 2. The summed E-state index contributed by atoms with van der Waals surface area (Å²) >= 11 is 0. The van der Waals surface area contributed by atoms with Crippen LogP contribution >= 0.6 is 0 Å². The van der Waals surface area contributed by atoms with Gasteiger partial charge < -0.3 is 29.5 Å². The molecule has 1 amide bonds. The monoisotopic (exact) mass is 572 g/mol. The maximum atomic E-state index is 13.5. The van der Waals surface area contributed by atoms with E-state index in [0.29, 0.717) is 28.6 Å². The second-order valence-electron chi connectivity index (χ2n) is 10.5. The Hall–Kier alpha value is -4.44. The minimum absolute atomic E-state index is 0.243. The van der Waals surface area contributed by atoms with Gasteiger partial charge in [0.05, 0.1) is 31.2 Å². The Morgan fingerprint density at radius 1 is 1.02 bits per heavy atom. The van der Waals surface area contributed by atoms with Crippen molar-refractivity contribution in [2.24, 2.45) is 0 Å². The zero-order valence-electron chi connectivity index (χ0n) is 25.1. The van der Waals surface area contributed by atoms with E-state index in [2.05, 4.69) is 36.6 Å². The topological polar surface area (TPSA) is 100 Å². The maximum Gasteiger partial charge on any atom is 0.247 e. The summed E-state index contributed by atoms with van der Waals surface area (Å²) in [5, 5.41) is 2.91. The van der Waals surface area contributed by atoms with Gasteiger partial charge in [-0.2, -0.15) is 0 Å². The minimum atomic E-state index is -0.318. The van der Waals surface area contributed by atoms with Crippen LogP contribution in [0, 0.1) is 0 Å². The van der Waals surface area contributed by atoms with Crippen molar-refractivity contribution in [2.45, 2.75) is 19.3 Å². The van der Waals surface area contributed by atoms with Gasteiger partial charge >= 0.3 is 0 Å². The number of rotatable bonds is 13. The fraction of sp³-hybridized carbons (Fsp3) is 0.375. The van der Waals surface area contributed by atoms with Gasteiger partial charge in [-0.25, -0.2) is 9.97 Å². The Morgan fingerprint density at radius 2 is 1.76 bits per heavy atom. The number of amides is 1. The number of hydrogen-bond donors (Lipinski definition) is 1. The Kier molecular flexibility index (Phi) is 10.1. The van der Waals surface area contributed by atoms with Crippen LogP contribution in [0.4, 0.5) is 17.1 Å². The van der Waals surface area contributed by atoms with Gasteiger partial charge in [-0.05, 0) is 57.3 Å². The number of carbonyl (C=O) groups is 2. The standard InChI is InChI=1S/C32H40N6O4/c1-7-31(39)35-26-18-22(28(41-5)21-27(26)37(4)17-16-36(2)3)19-30-33-13-12-25(34-30)32(40)24-11-10-23(20-29(24)42-6)38-14-8-9-15-38/h7,10-13,18,20-21H,1,8-9,14-17,19H2,2-6H3,(H,35,39). The molecule has 0 spiro atoms. The number of carbonyl (C=O) groups excluding carboxylic acids is 2. The highest BCUT2D eigenvalue weighted by Gasteiger charge is 2.21. The molecule has 1 saturated heterocycles. The summed E-state index contributed by atoms with van der Waals surface area (Å²) in [6, 6.07) is 11.0. The molecule has 0 saturated carbocycles. The predicted molar refractivity (Wildman–Crippen MR) is 166 cm³/mol. The third kappa shape index (κ3) is 7.25. The molecule has 1 N–H and O–H groups in total. The highest BCUT2D eigenvalue weighted by Crippen LogP contribution is 2.35. The molecule has 10 heteroatoms. The van der Waals surface area contributed by atoms with Gasteiger partial charge in [0.2, 0.25) is 11.7 Å². The molecule has 1 aliphatic heterocycles. The molecule has 2 aromatic carbocycles. The number of likely N-dealkylation sites (N-methyl/N-ethyl adjacent to an activating group) is 2. The SMILES string of the molecule is C=CC(=O)Nc1cc(Cc2nccc(C(=O)c3ccc(N4CCCC4)cc3OC)n2)c(OC)cc1N(C)CCN(C)C. The fourth-order valence-electron chi connectivity index (χ4n) is 4.97. The lowest BCUT2D eigenvalue weighted by molar-refractivity contribution is -0.111. The van der Waals surface area contributed by atoms with Crippen LogP contribution in [-0.2, 0) is 11.2 Å². The third-order valence-electron chi connectivity index (χ3n) is 7.32. The van der Waals surface area contributed by atoms with Crippen LogP contribution in [0.2, 0.25) is 0 Å². The van der Waals surface area contributed by atoms with E-state index in [1.807, 2.05) is 45.4 Å². The molecule has 0 radical (unpaired) electrons. The summed E-state index contributed by atoms with van der Waals surface area (Å²) in [6.45, 7) is 7.15. The first-order chi connectivity index (χ1) is 20.2. The van der Waals surface area contributed by atoms with E-state index < -0.39 is 0 Å². The van der Waals surface area contributed by atoms with Gasteiger partial charge in [0.25, 0.3) is 0 Å². The lowest BCUT2D eigenvalue weighted by atomic mass is 10.0. The molecule has 10 nitrogen and oxygen atoms in total. The van der Waals surface area contributed by atoms with Crippen molar-refractivity contribution in [3.63, 3.8) is 0 Å². The Balaban J connectivity index is 1.63. The molecule has 222 valence electrons. The van der Waals surface area contributed by atoms with Crippen molar-refractivity contribution in [2.75, 3.05) is 76.7 Å². The molecule has 0 aliphatic carbocycles. The highest BCUT2D eigenvalue weighted by molar-refractivity contribution is 6.09. The lowest BCUT2D eigenvalue weighted by Crippen LogP contribution is -2.29. The first kappa shape index (κ1) is 30.5. The molecular formula is C32H40N6O4. The second kappa shape index (κ2) is 14.0. The smallest absolute Gasteiger partial charge is 0.247 e. The number of aromatic nitrogens is 2. The number of hydrogen-bond acceptors (Lipinski definition) is 9. The molecule has 1 fully saturated rings. The van der Waals surface area contributed by atoms with Crippen LogP contribution in [0.1, 0.15) is 40.3 Å². The average molecular weight is 573 g/mol. The fourth-order valence-corrected chi connectivity index (χ4v) is 4.97. The molecule has 2 heterocycles. The Bertz CT molecular complexity index is 1430. The zero-order chi connectivity index (χ0) is 30.2. The second-order valence-corrected chi connectivity index (χ2v) is 10.5. The van der Waals surface area contributed by atoms with E-state index >= 15 is 0 Å². The van der Waals surface area contributed by atoms with E-state index in [0.717, 1.165) is 56.0 Å². The number of ketones is 1. The first-order valence-electron chi connectivity index (χ1n) is 14.0. The van der Waals surface area contributed by atoms with Crippen molar-refractivity contribution in [3.8, 4) is 11.5 Å². The van der Waals surface area contributed by atoms with Gasteiger partial charge in [-0.3, -0.25) is 9.59 Å². The van der Waals surface area contributed by atoms with Crippen molar-refractivity contribution >= 4 is 28.8 Å². The van der Waals surface area contributed by atoms with Gasteiger partial charge in [0, 0.05) is 69.2 Å². The maximum absolute atomic E-state index is 13.5. The summed E-state index contributed by atoms with van der Waals surface area (Å²) in [7, 11) is 9.16. The van der Waals surface area contributed by atoms with Crippen molar-refractivity contribution < 1.29 is 19.1 Å². The normalized spacial score (nSPS) is 12.8. The molecule has 0 bridgehead atoms. The van der Waals surface area contributed by atoms with Gasteiger partial charge in [-0.15, -0.1) is 0 Å². The molecular weight excluding hydrogens is 532 g/mol. The number of ether oxygens (including phenoxy) is 2. The quantitative estimate of drug-likeness (QED) is 0.240. The predicted octanol–water partition coefficient (Wildman–Crippen LogP) is 4.04. The van der Waals surface area contributed by atoms with Crippen LogP contribution in [0.15, 0.2) is 55.3 Å². The minimum Gasteiger partial charge on any atom is -0.496 e.